The summed E-state index contributed by atoms with van der Waals surface area (Å²) in [6.45, 7) is 7.00. The average molecular weight is 461 g/mol. The molecule has 2 aromatic rings. The summed E-state index contributed by atoms with van der Waals surface area (Å²) >= 11 is 0. The van der Waals surface area contributed by atoms with E-state index in [1.165, 1.54) is 6.92 Å². The van der Waals surface area contributed by atoms with Crippen LogP contribution in [0.4, 0.5) is 13.2 Å². The fourth-order valence-electron chi connectivity index (χ4n) is 6.59. The zero-order chi connectivity index (χ0) is 24.2. The van der Waals surface area contributed by atoms with Crippen LogP contribution in [0, 0.1) is 17.8 Å². The Morgan fingerprint density at radius 3 is 2.32 bits per heavy atom. The van der Waals surface area contributed by atoms with E-state index in [9.17, 15) is 0 Å². The summed E-state index contributed by atoms with van der Waals surface area (Å²) in [7, 11) is 1.99. The van der Waals surface area contributed by atoms with Gasteiger partial charge in [-0.3, -0.25) is 0 Å². The number of aryl methyl sites for hydroxylation is 1. The molecule has 2 aromatic carbocycles. The van der Waals surface area contributed by atoms with Gasteiger partial charge in [0.2, 0.25) is 0 Å². The lowest BCUT2D eigenvalue weighted by Gasteiger charge is -2.58. The zero-order valence-electron chi connectivity index (χ0n) is 20.0. The average Bonchev–Trinajstić information content (AvgIpc) is 3.11. The molecule has 2 nitrogen and oxygen atoms in total. The van der Waals surface area contributed by atoms with Gasteiger partial charge in [0.15, 0.2) is 0 Å². The molecule has 34 heavy (non-hydrogen) atoms. The van der Waals surface area contributed by atoms with E-state index in [2.05, 4.69) is 22.8 Å². The topological polar surface area (TPSA) is 6.48 Å². The van der Waals surface area contributed by atoms with E-state index < -0.39 is 23.0 Å². The molecular weight excluding hydrogens is 433 g/mol. The first-order valence-corrected chi connectivity index (χ1v) is 11.6. The molecule has 1 saturated heterocycles. The highest BCUT2D eigenvalue weighted by molar-refractivity contribution is 5.86. The Labute approximate surface area is 197 Å². The Kier molecular flexibility index (Phi) is 4.06. The smallest absolute Gasteiger partial charge is 0.328 e. The number of allylic oxidation sites excluding steroid dienone is 3. The number of nitrogens with zero attached hydrogens (tertiary/aromatic N) is 2. The third-order valence-electron chi connectivity index (χ3n) is 8.59. The van der Waals surface area contributed by atoms with E-state index in [-0.39, 0.29) is 0 Å². The van der Waals surface area contributed by atoms with Gasteiger partial charge in [0, 0.05) is 17.7 Å². The van der Waals surface area contributed by atoms with Crippen molar-refractivity contribution in [3.8, 4) is 0 Å². The Hall–Kier alpha value is -3.21. The number of rotatable bonds is 1. The molecule has 174 valence electrons. The predicted octanol–water partition coefficient (Wildman–Crippen LogP) is 5.31. The summed E-state index contributed by atoms with van der Waals surface area (Å²) in [6.07, 6.45) is 1.08. The highest BCUT2D eigenvalue weighted by Gasteiger charge is 2.70. The number of halogens is 3. The van der Waals surface area contributed by atoms with Crippen molar-refractivity contribution in [2.24, 2.45) is 10.8 Å². The van der Waals surface area contributed by atoms with Crippen LogP contribution in [0.3, 0.4) is 0 Å². The molecule has 2 atom stereocenters. The standard InChI is InChI=1S/C29H27F3N2/c1-17-11-9-14-19-20-15-10-16-21-24(20)34-25(27(2,3)28(21,4)29(30,31)32)23(18-12-7-6-8-13-18)33(5)26(34)22(17)19/h6-16,24H,1-5H3. The summed E-state index contributed by atoms with van der Waals surface area (Å²) < 4.78 is 45.4. The maximum absolute atomic E-state index is 15.1. The Bertz CT molecular complexity index is 1460. The number of fused-ring (bicyclic) bond motifs is 1. The second-order valence-corrected chi connectivity index (χ2v) is 10.4. The number of hydrogen-bond acceptors (Lipinski definition) is 2. The van der Waals surface area contributed by atoms with Crippen LogP contribution in [0.1, 0.15) is 31.9 Å². The molecule has 4 aliphatic rings. The molecule has 0 aromatic heterocycles. The highest BCUT2D eigenvalue weighted by atomic mass is 19.4. The molecule has 0 amide bonds. The Morgan fingerprint density at radius 2 is 1.65 bits per heavy atom. The van der Waals surface area contributed by atoms with E-state index >= 15 is 13.2 Å². The SMILES string of the molecule is Cc1cccc2c1=C1N(C)C(c3ccccc3)=C3N1C1C(=CC=CC=21)C(C)(C(F)(F)F)C3(C)C. The molecule has 1 fully saturated rings. The first-order chi connectivity index (χ1) is 16.0. The lowest BCUT2D eigenvalue weighted by Crippen LogP contribution is -2.63. The van der Waals surface area contributed by atoms with Gasteiger partial charge in [-0.1, -0.05) is 80.6 Å². The third kappa shape index (κ3) is 2.28. The van der Waals surface area contributed by atoms with Gasteiger partial charge in [-0.15, -0.1) is 0 Å². The molecule has 2 unspecified atom stereocenters. The number of piperidine rings is 1. The maximum Gasteiger partial charge on any atom is 0.398 e. The number of alkyl halides is 3. The minimum Gasteiger partial charge on any atom is -0.328 e. The summed E-state index contributed by atoms with van der Waals surface area (Å²) in [5.41, 5.74) is 1.72. The molecule has 0 radical (unpaired) electrons. The van der Waals surface area contributed by atoms with Crippen LogP contribution in [0.2, 0.25) is 0 Å². The fourth-order valence-corrected chi connectivity index (χ4v) is 6.59. The van der Waals surface area contributed by atoms with Crippen molar-refractivity contribution in [2.75, 3.05) is 7.05 Å². The second-order valence-electron chi connectivity index (χ2n) is 10.4. The van der Waals surface area contributed by atoms with Gasteiger partial charge < -0.3 is 9.80 Å². The fraction of sp³-hybridized carbons (Fsp3) is 0.310. The van der Waals surface area contributed by atoms with Gasteiger partial charge in [0.1, 0.15) is 5.82 Å². The van der Waals surface area contributed by atoms with Crippen molar-refractivity contribution in [3.05, 3.63) is 99.6 Å². The first-order valence-electron chi connectivity index (χ1n) is 11.6. The summed E-state index contributed by atoms with van der Waals surface area (Å²) in [5.74, 6) is 0.967. The largest absolute Gasteiger partial charge is 0.398 e. The van der Waals surface area contributed by atoms with Crippen LogP contribution in [0.25, 0.3) is 17.1 Å². The molecule has 0 bridgehead atoms. The van der Waals surface area contributed by atoms with Crippen molar-refractivity contribution in [2.45, 2.75) is 39.9 Å². The van der Waals surface area contributed by atoms with Gasteiger partial charge in [-0.2, -0.15) is 13.2 Å². The van der Waals surface area contributed by atoms with Crippen molar-refractivity contribution < 1.29 is 13.2 Å². The molecule has 0 N–H and O–H groups in total. The molecule has 1 aliphatic carbocycles. The summed E-state index contributed by atoms with van der Waals surface area (Å²) in [6, 6.07) is 15.5. The van der Waals surface area contributed by atoms with Crippen LogP contribution in [-0.2, 0) is 0 Å². The van der Waals surface area contributed by atoms with Crippen molar-refractivity contribution >= 4 is 17.1 Å². The highest BCUT2D eigenvalue weighted by Crippen LogP contribution is 2.68. The molecule has 3 heterocycles. The van der Waals surface area contributed by atoms with E-state index in [4.69, 9.17) is 0 Å². The van der Waals surface area contributed by atoms with Crippen LogP contribution < -0.4 is 10.4 Å². The minimum absolute atomic E-state index is 0.415. The van der Waals surface area contributed by atoms with Gasteiger partial charge in [-0.05, 0) is 41.3 Å². The monoisotopic (exact) mass is 460 g/mol. The van der Waals surface area contributed by atoms with Gasteiger partial charge >= 0.3 is 6.18 Å². The van der Waals surface area contributed by atoms with E-state index in [1.54, 1.807) is 26.0 Å². The van der Waals surface area contributed by atoms with E-state index in [0.29, 0.717) is 5.57 Å². The molecular formula is C29H27F3N2. The van der Waals surface area contributed by atoms with Gasteiger partial charge in [-0.25, -0.2) is 0 Å². The van der Waals surface area contributed by atoms with Crippen molar-refractivity contribution in [3.63, 3.8) is 0 Å². The van der Waals surface area contributed by atoms with E-state index in [1.807, 2.05) is 55.6 Å². The van der Waals surface area contributed by atoms with Crippen LogP contribution >= 0.6 is 0 Å². The Balaban J connectivity index is 1.84. The lowest BCUT2D eigenvalue weighted by atomic mass is 9.54. The van der Waals surface area contributed by atoms with Crippen molar-refractivity contribution in [1.29, 1.82) is 0 Å². The van der Waals surface area contributed by atoms with Crippen LogP contribution in [0.5, 0.6) is 0 Å². The van der Waals surface area contributed by atoms with Crippen molar-refractivity contribution in [1.82, 2.24) is 9.80 Å². The summed E-state index contributed by atoms with van der Waals surface area (Å²) in [5, 5.41) is 2.11. The third-order valence-corrected chi connectivity index (χ3v) is 8.59. The zero-order valence-corrected chi connectivity index (χ0v) is 20.0. The van der Waals surface area contributed by atoms with E-state index in [0.717, 1.165) is 44.4 Å². The predicted molar refractivity (Wildman–Crippen MR) is 129 cm³/mol. The number of hydrogen-bond donors (Lipinski definition) is 0. The summed E-state index contributed by atoms with van der Waals surface area (Å²) in [4.78, 5) is 4.32. The molecule has 0 spiro atoms. The van der Waals surface area contributed by atoms with Gasteiger partial charge in [0.25, 0.3) is 0 Å². The molecule has 6 rings (SSSR count). The lowest BCUT2D eigenvalue weighted by molar-refractivity contribution is -0.240. The molecule has 5 heteroatoms. The Morgan fingerprint density at radius 1 is 0.941 bits per heavy atom. The maximum atomic E-state index is 15.1. The molecule has 0 saturated carbocycles. The normalized spacial score (nSPS) is 26.6. The minimum atomic E-state index is -4.42. The van der Waals surface area contributed by atoms with Crippen LogP contribution in [-0.4, -0.2) is 29.1 Å². The molecule has 3 aliphatic heterocycles. The number of benzene rings is 2. The van der Waals surface area contributed by atoms with Crippen LogP contribution in [0.15, 0.2) is 78.0 Å². The van der Waals surface area contributed by atoms with Gasteiger partial charge in [0.05, 0.1) is 22.9 Å². The quantitative estimate of drug-likeness (QED) is 0.569. The first kappa shape index (κ1) is 21.3. The second kappa shape index (κ2) is 6.47.